The highest BCUT2D eigenvalue weighted by Gasteiger charge is 2.21. The van der Waals surface area contributed by atoms with E-state index in [1.165, 1.54) is 26.9 Å². The van der Waals surface area contributed by atoms with Crippen LogP contribution < -0.4 is 10.6 Å². The minimum absolute atomic E-state index is 0.465. The molecule has 4 nitrogen and oxygen atoms in total. The van der Waals surface area contributed by atoms with Gasteiger partial charge in [-0.3, -0.25) is 0 Å². The van der Waals surface area contributed by atoms with E-state index < -0.39 is 10.0 Å². The monoisotopic (exact) mass is 294 g/mol. The molecule has 1 aromatic rings. The maximum atomic E-state index is 11.5. The lowest BCUT2D eigenvalue weighted by Crippen LogP contribution is -2.34. The molecule has 5 heteroatoms. The van der Waals surface area contributed by atoms with Crippen molar-refractivity contribution in [2.24, 2.45) is 0 Å². The molecule has 2 heterocycles. The lowest BCUT2D eigenvalue weighted by Gasteiger charge is -2.24. The highest BCUT2D eigenvalue weighted by molar-refractivity contribution is 7.88. The Hall–Kier alpha value is -1.33. The van der Waals surface area contributed by atoms with Crippen LogP contribution in [0.15, 0.2) is 6.08 Å². The average Bonchev–Trinajstić information content (AvgIpc) is 2.73. The van der Waals surface area contributed by atoms with Crippen LogP contribution in [0.25, 0.3) is 17.7 Å². The van der Waals surface area contributed by atoms with Gasteiger partial charge in [0.2, 0.25) is 10.0 Å². The summed E-state index contributed by atoms with van der Waals surface area (Å²) in [5.41, 5.74) is 3.61. The van der Waals surface area contributed by atoms with Crippen molar-refractivity contribution in [3.05, 3.63) is 27.9 Å². The average molecular weight is 294 g/mol. The summed E-state index contributed by atoms with van der Waals surface area (Å²) < 4.78 is 24.6. The van der Waals surface area contributed by atoms with Gasteiger partial charge in [0, 0.05) is 34.9 Å². The lowest BCUT2D eigenvalue weighted by molar-refractivity contribution is 0.446. The van der Waals surface area contributed by atoms with E-state index in [-0.39, 0.29) is 0 Å². The molecule has 0 fully saturated rings. The first-order valence-corrected chi connectivity index (χ1v) is 8.69. The fraction of sp³-hybridized carbons (Fsp3) is 0.467. The predicted octanol–water partition coefficient (Wildman–Crippen LogP) is 0.973. The molecule has 0 bridgehead atoms. The summed E-state index contributed by atoms with van der Waals surface area (Å²) in [4.78, 5) is 3.39. The van der Waals surface area contributed by atoms with Crippen molar-refractivity contribution in [3.63, 3.8) is 0 Å². The van der Waals surface area contributed by atoms with Crippen molar-refractivity contribution in [2.45, 2.75) is 27.2 Å². The fourth-order valence-corrected chi connectivity index (χ4v) is 3.56. The maximum Gasteiger partial charge on any atom is 0.211 e. The first-order valence-electron chi connectivity index (χ1n) is 6.84. The number of H-pyrrole nitrogens is 1. The highest BCUT2D eigenvalue weighted by atomic mass is 32.2. The summed E-state index contributed by atoms with van der Waals surface area (Å²) >= 11 is 0. The van der Waals surface area contributed by atoms with Gasteiger partial charge in [0.25, 0.3) is 0 Å². The Labute approximate surface area is 120 Å². The van der Waals surface area contributed by atoms with Crippen molar-refractivity contribution >= 4 is 27.7 Å². The quantitative estimate of drug-likeness (QED) is 0.884. The molecule has 1 aliphatic heterocycles. The molecular formula is C15H22N2O2S. The van der Waals surface area contributed by atoms with Gasteiger partial charge < -0.3 is 4.98 Å². The Morgan fingerprint density at radius 2 is 2.00 bits per heavy atom. The number of aromatic amines is 1. The smallest absolute Gasteiger partial charge is 0.211 e. The van der Waals surface area contributed by atoms with Gasteiger partial charge in [0.05, 0.1) is 6.26 Å². The zero-order valence-corrected chi connectivity index (χ0v) is 13.3. The van der Waals surface area contributed by atoms with Gasteiger partial charge in [0.1, 0.15) is 0 Å². The van der Waals surface area contributed by atoms with Crippen molar-refractivity contribution in [3.8, 4) is 0 Å². The minimum Gasteiger partial charge on any atom is -0.358 e. The Bertz CT molecular complexity index is 755. The van der Waals surface area contributed by atoms with Crippen LogP contribution in [0.1, 0.15) is 31.5 Å². The number of sulfonamides is 1. The van der Waals surface area contributed by atoms with Crippen molar-refractivity contribution in [1.29, 1.82) is 0 Å². The van der Waals surface area contributed by atoms with E-state index in [1.807, 2.05) is 19.9 Å². The number of nitrogens with one attached hydrogen (secondary N) is 1. The van der Waals surface area contributed by atoms with Crippen LogP contribution in [0.5, 0.6) is 0 Å². The second-order valence-electron chi connectivity index (χ2n) is 5.13. The predicted molar refractivity (Wildman–Crippen MR) is 84.1 cm³/mol. The fourth-order valence-electron chi connectivity index (χ4n) is 2.79. The normalized spacial score (nSPS) is 19.5. The topological polar surface area (TPSA) is 53.2 Å². The molecule has 0 atom stereocenters. The molecule has 0 unspecified atom stereocenters. The van der Waals surface area contributed by atoms with Gasteiger partial charge in [-0.15, -0.1) is 0 Å². The summed E-state index contributed by atoms with van der Waals surface area (Å²) in [5.74, 6) is 0. The Balaban J connectivity index is 2.46. The van der Waals surface area contributed by atoms with Gasteiger partial charge >= 0.3 is 0 Å². The van der Waals surface area contributed by atoms with Crippen LogP contribution in [0.2, 0.25) is 0 Å². The second-order valence-corrected chi connectivity index (χ2v) is 7.11. The van der Waals surface area contributed by atoms with Crippen molar-refractivity contribution in [1.82, 2.24) is 9.29 Å². The van der Waals surface area contributed by atoms with Gasteiger partial charge in [-0.25, -0.2) is 8.42 Å². The molecule has 110 valence electrons. The molecule has 0 aromatic carbocycles. The molecular weight excluding hydrogens is 272 g/mol. The van der Waals surface area contributed by atoms with E-state index in [0.29, 0.717) is 13.1 Å². The molecule has 1 aliphatic rings. The first-order chi connectivity index (χ1) is 9.38. The number of nitrogens with zero attached hydrogens (tertiary/aromatic N) is 1. The molecule has 2 rings (SSSR count). The van der Waals surface area contributed by atoms with Gasteiger partial charge in [0.15, 0.2) is 0 Å². The zero-order valence-electron chi connectivity index (χ0n) is 12.5. The first kappa shape index (κ1) is 15.1. The second kappa shape index (κ2) is 5.58. The largest absolute Gasteiger partial charge is 0.358 e. The van der Waals surface area contributed by atoms with Crippen LogP contribution in [0, 0.1) is 6.92 Å². The van der Waals surface area contributed by atoms with Gasteiger partial charge in [-0.1, -0.05) is 18.2 Å². The Morgan fingerprint density at radius 3 is 2.45 bits per heavy atom. The molecule has 1 aromatic heterocycles. The third kappa shape index (κ3) is 2.74. The third-order valence-corrected chi connectivity index (χ3v) is 5.07. The molecule has 0 amide bonds. The summed E-state index contributed by atoms with van der Waals surface area (Å²) in [7, 11) is -3.09. The molecule has 0 saturated heterocycles. The standard InChI is InChI=1S/C15H22N2O2S/c1-5-13-14(6-2)16-11(3)15(13)12-7-9-17(10-8-12)20(4,18)19/h5-7,16H,8-10H2,1-4H3. The summed E-state index contributed by atoms with van der Waals surface area (Å²) in [5, 5.41) is 2.34. The van der Waals surface area contributed by atoms with Crippen LogP contribution in [-0.2, 0) is 10.0 Å². The van der Waals surface area contributed by atoms with Crippen LogP contribution in [0.4, 0.5) is 0 Å². The van der Waals surface area contributed by atoms with E-state index in [2.05, 4.69) is 24.1 Å². The number of aromatic nitrogens is 1. The lowest BCUT2D eigenvalue weighted by atomic mass is 9.99. The minimum atomic E-state index is -3.09. The molecule has 0 spiro atoms. The zero-order chi connectivity index (χ0) is 14.9. The van der Waals surface area contributed by atoms with Crippen LogP contribution in [0.3, 0.4) is 0 Å². The highest BCUT2D eigenvalue weighted by Crippen LogP contribution is 2.22. The number of hydrogen-bond donors (Lipinski definition) is 1. The number of hydrogen-bond acceptors (Lipinski definition) is 2. The van der Waals surface area contributed by atoms with Crippen molar-refractivity contribution < 1.29 is 8.42 Å². The summed E-state index contributed by atoms with van der Waals surface area (Å²) in [6, 6.07) is 0. The molecule has 1 N–H and O–H groups in total. The van der Waals surface area contributed by atoms with E-state index in [1.54, 1.807) is 0 Å². The summed E-state index contributed by atoms with van der Waals surface area (Å²) in [6.45, 7) is 7.14. The molecule has 0 saturated carbocycles. The SMILES string of the molecule is CC=c1[nH]c(C)c(C2=CCN(S(C)(=O)=O)CC2)c1=CC. The Morgan fingerprint density at radius 1 is 1.30 bits per heavy atom. The molecule has 20 heavy (non-hydrogen) atoms. The van der Waals surface area contributed by atoms with E-state index in [9.17, 15) is 8.42 Å². The van der Waals surface area contributed by atoms with E-state index in [0.717, 1.165) is 17.5 Å². The van der Waals surface area contributed by atoms with Crippen LogP contribution in [-0.4, -0.2) is 37.1 Å². The summed E-state index contributed by atoms with van der Waals surface area (Å²) in [6.07, 6.45) is 8.24. The molecule has 0 radical (unpaired) electrons. The van der Waals surface area contributed by atoms with Gasteiger partial charge in [-0.2, -0.15) is 4.31 Å². The van der Waals surface area contributed by atoms with Crippen LogP contribution >= 0.6 is 0 Å². The maximum absolute atomic E-state index is 11.5. The van der Waals surface area contributed by atoms with Crippen molar-refractivity contribution in [2.75, 3.05) is 19.3 Å². The van der Waals surface area contributed by atoms with E-state index in [4.69, 9.17) is 0 Å². The number of aryl methyl sites for hydroxylation is 1. The number of rotatable bonds is 2. The third-order valence-electron chi connectivity index (χ3n) is 3.80. The van der Waals surface area contributed by atoms with Gasteiger partial charge in [-0.05, 0) is 32.8 Å². The Kier molecular flexibility index (Phi) is 4.20. The molecule has 0 aliphatic carbocycles. The van der Waals surface area contributed by atoms with E-state index >= 15 is 0 Å².